The molecule has 1 unspecified atom stereocenters. The van der Waals surface area contributed by atoms with Crippen LogP contribution in [0.1, 0.15) is 24.4 Å². The smallest absolute Gasteiger partial charge is 0.243 e. The minimum atomic E-state index is -0.227. The summed E-state index contributed by atoms with van der Waals surface area (Å²) >= 11 is 0. The molecule has 1 aromatic carbocycles. The van der Waals surface area contributed by atoms with Gasteiger partial charge >= 0.3 is 0 Å². The molecule has 0 saturated heterocycles. The summed E-state index contributed by atoms with van der Waals surface area (Å²) in [6, 6.07) is 7.67. The zero-order chi connectivity index (χ0) is 10.8. The van der Waals surface area contributed by atoms with Crippen LogP contribution in [0.5, 0.6) is 0 Å². The predicted molar refractivity (Wildman–Crippen MR) is 64.3 cm³/mol. The molecule has 0 amide bonds. The molecular weight excluding hydrogens is 226 g/mol. The van der Waals surface area contributed by atoms with Crippen molar-refractivity contribution in [2.24, 2.45) is 5.73 Å². The van der Waals surface area contributed by atoms with Gasteiger partial charge in [-0.05, 0) is 19.4 Å². The molecule has 1 atom stereocenters. The van der Waals surface area contributed by atoms with E-state index in [4.69, 9.17) is 10.3 Å². The quantitative estimate of drug-likeness (QED) is 0.875. The molecule has 0 bridgehead atoms. The van der Waals surface area contributed by atoms with Crippen LogP contribution in [0.4, 0.5) is 0 Å². The number of benzene rings is 1. The molecule has 1 heterocycles. The van der Waals surface area contributed by atoms with Gasteiger partial charge in [-0.2, -0.15) is 4.98 Å². The van der Waals surface area contributed by atoms with E-state index >= 15 is 0 Å². The minimum absolute atomic E-state index is 0. The van der Waals surface area contributed by atoms with Crippen LogP contribution in [0.2, 0.25) is 0 Å². The van der Waals surface area contributed by atoms with E-state index in [0.717, 1.165) is 11.1 Å². The van der Waals surface area contributed by atoms with Gasteiger partial charge in [0.05, 0.1) is 6.04 Å². The molecule has 4 nitrogen and oxygen atoms in total. The van der Waals surface area contributed by atoms with E-state index in [1.807, 2.05) is 38.1 Å². The molecule has 2 aromatic rings. The fourth-order valence-corrected chi connectivity index (χ4v) is 1.35. The van der Waals surface area contributed by atoms with Crippen molar-refractivity contribution in [3.63, 3.8) is 0 Å². The summed E-state index contributed by atoms with van der Waals surface area (Å²) in [5.41, 5.74) is 7.75. The number of nitrogens with zero attached hydrogens (tertiary/aromatic N) is 2. The van der Waals surface area contributed by atoms with E-state index < -0.39 is 0 Å². The first kappa shape index (κ1) is 12.7. The molecule has 5 heteroatoms. The largest absolute Gasteiger partial charge is 0.337 e. The predicted octanol–water partition coefficient (Wildman–Crippen LogP) is 2.49. The Morgan fingerprint density at radius 3 is 2.56 bits per heavy atom. The lowest BCUT2D eigenvalue weighted by molar-refractivity contribution is 0.362. The molecule has 2 rings (SSSR count). The summed E-state index contributed by atoms with van der Waals surface area (Å²) in [6.45, 7) is 3.83. The molecule has 16 heavy (non-hydrogen) atoms. The Hall–Kier alpha value is -1.39. The molecular formula is C11H14ClN3O. The Balaban J connectivity index is 0.00000128. The highest BCUT2D eigenvalue weighted by Crippen LogP contribution is 2.20. The maximum Gasteiger partial charge on any atom is 0.243 e. The van der Waals surface area contributed by atoms with Gasteiger partial charge in [0, 0.05) is 5.56 Å². The molecule has 86 valence electrons. The number of aromatic nitrogens is 2. The zero-order valence-corrected chi connectivity index (χ0v) is 9.99. The molecule has 0 spiro atoms. The fourth-order valence-electron chi connectivity index (χ4n) is 1.35. The third kappa shape index (κ3) is 2.40. The van der Waals surface area contributed by atoms with Crippen LogP contribution >= 0.6 is 12.4 Å². The lowest BCUT2D eigenvalue weighted by Crippen LogP contribution is -2.04. The fraction of sp³-hybridized carbons (Fsp3) is 0.273. The highest BCUT2D eigenvalue weighted by molar-refractivity contribution is 5.85. The Labute approximate surface area is 100 Å². The van der Waals surface area contributed by atoms with Gasteiger partial charge in [-0.15, -0.1) is 12.4 Å². The first-order valence-electron chi connectivity index (χ1n) is 4.83. The monoisotopic (exact) mass is 239 g/mol. The van der Waals surface area contributed by atoms with Crippen LogP contribution in [0.25, 0.3) is 11.4 Å². The van der Waals surface area contributed by atoms with Crippen LogP contribution in [-0.4, -0.2) is 10.1 Å². The van der Waals surface area contributed by atoms with Gasteiger partial charge in [0.25, 0.3) is 0 Å². The lowest BCUT2D eigenvalue weighted by atomic mass is 10.1. The number of nitrogens with two attached hydrogens (primary N) is 1. The molecule has 0 saturated carbocycles. The summed E-state index contributed by atoms with van der Waals surface area (Å²) in [5.74, 6) is 1.06. The molecule has 1 aromatic heterocycles. The Morgan fingerprint density at radius 1 is 1.31 bits per heavy atom. The number of hydrogen-bond donors (Lipinski definition) is 1. The van der Waals surface area contributed by atoms with Gasteiger partial charge in [0.15, 0.2) is 0 Å². The highest BCUT2D eigenvalue weighted by Gasteiger charge is 2.12. The van der Waals surface area contributed by atoms with Crippen molar-refractivity contribution in [2.45, 2.75) is 19.9 Å². The van der Waals surface area contributed by atoms with E-state index in [2.05, 4.69) is 10.1 Å². The normalized spacial score (nSPS) is 11.9. The second-order valence-electron chi connectivity index (χ2n) is 3.56. The standard InChI is InChI=1S/C11H13N3O.ClH/c1-7-5-3-4-6-9(7)10-13-11(8(2)12)15-14-10;/h3-6,8H,12H2,1-2H3;1H. The summed E-state index contributed by atoms with van der Waals surface area (Å²) < 4.78 is 5.05. The molecule has 0 aliphatic carbocycles. The van der Waals surface area contributed by atoms with Crippen molar-refractivity contribution in [1.29, 1.82) is 0 Å². The van der Waals surface area contributed by atoms with Crippen molar-refractivity contribution in [1.82, 2.24) is 10.1 Å². The van der Waals surface area contributed by atoms with Crippen LogP contribution in [-0.2, 0) is 0 Å². The van der Waals surface area contributed by atoms with Crippen LogP contribution in [0, 0.1) is 6.92 Å². The third-order valence-electron chi connectivity index (χ3n) is 2.22. The van der Waals surface area contributed by atoms with Gasteiger partial charge in [-0.1, -0.05) is 29.4 Å². The van der Waals surface area contributed by atoms with Gasteiger partial charge in [-0.3, -0.25) is 0 Å². The summed E-state index contributed by atoms with van der Waals surface area (Å²) in [7, 11) is 0. The van der Waals surface area contributed by atoms with Crippen molar-refractivity contribution in [2.75, 3.05) is 0 Å². The SMILES string of the molecule is Cc1ccccc1-c1noc(C(C)N)n1.Cl. The maximum atomic E-state index is 5.65. The number of hydrogen-bond acceptors (Lipinski definition) is 4. The van der Waals surface area contributed by atoms with Crippen LogP contribution < -0.4 is 5.73 Å². The molecule has 2 N–H and O–H groups in total. The van der Waals surface area contributed by atoms with Crippen molar-refractivity contribution >= 4 is 12.4 Å². The zero-order valence-electron chi connectivity index (χ0n) is 9.18. The van der Waals surface area contributed by atoms with E-state index in [1.165, 1.54) is 0 Å². The average molecular weight is 240 g/mol. The second kappa shape index (κ2) is 5.09. The average Bonchev–Trinajstić information content (AvgIpc) is 2.67. The lowest BCUT2D eigenvalue weighted by Gasteiger charge is -1.98. The molecule has 0 radical (unpaired) electrons. The summed E-state index contributed by atoms with van der Waals surface area (Å²) in [4.78, 5) is 4.24. The van der Waals surface area contributed by atoms with Gasteiger partial charge in [0.2, 0.25) is 11.7 Å². The van der Waals surface area contributed by atoms with Gasteiger partial charge < -0.3 is 10.3 Å². The topological polar surface area (TPSA) is 64.9 Å². The van der Waals surface area contributed by atoms with Gasteiger partial charge in [0.1, 0.15) is 0 Å². The molecule has 0 aliphatic rings. The Bertz CT molecular complexity index is 468. The first-order valence-corrected chi connectivity index (χ1v) is 4.83. The van der Waals surface area contributed by atoms with Crippen LogP contribution in [0.15, 0.2) is 28.8 Å². The van der Waals surface area contributed by atoms with Crippen molar-refractivity contribution < 1.29 is 4.52 Å². The number of aryl methyl sites for hydroxylation is 1. The first-order chi connectivity index (χ1) is 7.18. The summed E-state index contributed by atoms with van der Waals surface area (Å²) in [6.07, 6.45) is 0. The molecule has 0 fully saturated rings. The Kier molecular flexibility index (Phi) is 4.04. The number of halogens is 1. The van der Waals surface area contributed by atoms with Crippen molar-refractivity contribution in [3.05, 3.63) is 35.7 Å². The third-order valence-corrected chi connectivity index (χ3v) is 2.22. The van der Waals surface area contributed by atoms with E-state index in [-0.39, 0.29) is 18.4 Å². The summed E-state index contributed by atoms with van der Waals surface area (Å²) in [5, 5.41) is 3.90. The number of rotatable bonds is 2. The van der Waals surface area contributed by atoms with Crippen LogP contribution in [0.3, 0.4) is 0 Å². The Morgan fingerprint density at radius 2 is 2.00 bits per heavy atom. The van der Waals surface area contributed by atoms with Crippen molar-refractivity contribution in [3.8, 4) is 11.4 Å². The second-order valence-corrected chi connectivity index (χ2v) is 3.56. The van der Waals surface area contributed by atoms with E-state index in [0.29, 0.717) is 11.7 Å². The van der Waals surface area contributed by atoms with E-state index in [1.54, 1.807) is 0 Å². The van der Waals surface area contributed by atoms with E-state index in [9.17, 15) is 0 Å². The maximum absolute atomic E-state index is 5.65. The minimum Gasteiger partial charge on any atom is -0.337 e. The van der Waals surface area contributed by atoms with Gasteiger partial charge in [-0.25, -0.2) is 0 Å². The molecule has 0 aliphatic heterocycles. The highest BCUT2D eigenvalue weighted by atomic mass is 35.5.